The lowest BCUT2D eigenvalue weighted by Crippen LogP contribution is -2.50. The molecule has 6 rings (SSSR count). The van der Waals surface area contributed by atoms with Crippen LogP contribution in [0.15, 0.2) is 42.5 Å². The van der Waals surface area contributed by atoms with Gasteiger partial charge in [-0.1, -0.05) is 6.07 Å². The molecule has 0 radical (unpaired) electrons. The maximum atomic E-state index is 14.5. The number of nitriles is 1. The highest BCUT2D eigenvalue weighted by Gasteiger charge is 2.68. The molecular weight excluding hydrogens is 444 g/mol. The molecule has 3 saturated heterocycles. The number of ether oxygens (including phenoxy) is 1. The van der Waals surface area contributed by atoms with Gasteiger partial charge in [0.15, 0.2) is 11.6 Å². The largest absolute Gasteiger partial charge is 0.494 e. The molecular formula is C25H19F2N3O2S. The molecule has 5 atom stereocenters. The number of hydrogen-bond acceptors (Lipinski definition) is 5. The summed E-state index contributed by atoms with van der Waals surface area (Å²) in [6.45, 7) is 0. The van der Waals surface area contributed by atoms with E-state index in [4.69, 9.17) is 10.00 Å². The van der Waals surface area contributed by atoms with Gasteiger partial charge in [-0.2, -0.15) is 5.26 Å². The minimum absolute atomic E-state index is 0.0578. The molecule has 33 heavy (non-hydrogen) atoms. The van der Waals surface area contributed by atoms with E-state index < -0.39 is 11.6 Å². The Morgan fingerprint density at radius 2 is 1.85 bits per heavy atom. The summed E-state index contributed by atoms with van der Waals surface area (Å²) in [5.41, 5.74) is 1.63. The van der Waals surface area contributed by atoms with Crippen LogP contribution in [0.2, 0.25) is 0 Å². The first-order chi connectivity index (χ1) is 16.0. The molecule has 0 saturated carbocycles. The predicted octanol–water partition coefficient (Wildman–Crippen LogP) is 4.57. The molecule has 0 aliphatic carbocycles. The Kier molecular flexibility index (Phi) is 4.54. The Bertz CT molecular complexity index is 1340. The molecule has 5 nitrogen and oxygen atoms in total. The minimum Gasteiger partial charge on any atom is -0.494 e. The molecule has 1 aromatic heterocycles. The van der Waals surface area contributed by atoms with Gasteiger partial charge in [-0.05, 0) is 60.4 Å². The fourth-order valence-electron chi connectivity index (χ4n) is 5.33. The SMILES string of the molecule is COc1ccc(-c2sc(C(=O)NC3CC4C5CC3N45)cc2-c2ccc(C#N)c(F)c2)cc1F. The lowest BCUT2D eigenvalue weighted by atomic mass is 9.90. The summed E-state index contributed by atoms with van der Waals surface area (Å²) in [4.78, 5) is 16.7. The Labute approximate surface area is 193 Å². The van der Waals surface area contributed by atoms with E-state index in [-0.39, 0.29) is 23.3 Å². The Hall–Kier alpha value is -3.28. The minimum atomic E-state index is -0.641. The number of rotatable bonds is 5. The number of nitrogens with zero attached hydrogens (tertiary/aromatic N) is 2. The van der Waals surface area contributed by atoms with Crippen LogP contribution in [0, 0.1) is 23.0 Å². The van der Waals surface area contributed by atoms with Crippen LogP contribution in [0.4, 0.5) is 8.78 Å². The van der Waals surface area contributed by atoms with Crippen molar-refractivity contribution < 1.29 is 18.3 Å². The van der Waals surface area contributed by atoms with Gasteiger partial charge in [0.1, 0.15) is 11.9 Å². The van der Waals surface area contributed by atoms with Gasteiger partial charge in [0.25, 0.3) is 5.91 Å². The van der Waals surface area contributed by atoms with Crippen LogP contribution in [-0.2, 0) is 0 Å². The number of piperidine rings is 1. The van der Waals surface area contributed by atoms with E-state index in [9.17, 15) is 13.6 Å². The number of hydrogen-bond donors (Lipinski definition) is 1. The van der Waals surface area contributed by atoms with Gasteiger partial charge in [-0.25, -0.2) is 8.78 Å². The number of methoxy groups -OCH3 is 1. The molecule has 5 unspecified atom stereocenters. The number of fused-ring (bicyclic) bond motifs is 1. The number of benzene rings is 2. The summed E-state index contributed by atoms with van der Waals surface area (Å²) >= 11 is 1.24. The first kappa shape index (κ1) is 20.3. The van der Waals surface area contributed by atoms with Crippen LogP contribution in [0.25, 0.3) is 21.6 Å². The van der Waals surface area contributed by atoms with E-state index in [1.807, 2.05) is 6.07 Å². The summed E-state index contributed by atoms with van der Waals surface area (Å²) in [6.07, 6.45) is 2.13. The zero-order chi connectivity index (χ0) is 22.9. The molecule has 4 heterocycles. The van der Waals surface area contributed by atoms with E-state index >= 15 is 0 Å². The molecule has 0 bridgehead atoms. The van der Waals surface area contributed by atoms with E-state index in [0.717, 1.165) is 18.9 Å². The molecule has 166 valence electrons. The first-order valence-corrected chi connectivity index (χ1v) is 11.6. The lowest BCUT2D eigenvalue weighted by molar-refractivity contribution is 0.0910. The van der Waals surface area contributed by atoms with Crippen molar-refractivity contribution in [3.8, 4) is 33.4 Å². The van der Waals surface area contributed by atoms with Crippen LogP contribution >= 0.6 is 11.3 Å². The van der Waals surface area contributed by atoms with Crippen molar-refractivity contribution in [1.29, 1.82) is 5.26 Å². The smallest absolute Gasteiger partial charge is 0.261 e. The Morgan fingerprint density at radius 3 is 2.48 bits per heavy atom. The fourth-order valence-corrected chi connectivity index (χ4v) is 6.41. The molecule has 1 amide bonds. The molecule has 2 aromatic carbocycles. The van der Waals surface area contributed by atoms with E-state index in [0.29, 0.717) is 38.5 Å². The number of thiophene rings is 1. The number of carbonyl (C=O) groups excluding carboxylic acids is 1. The van der Waals surface area contributed by atoms with Crippen molar-refractivity contribution in [2.75, 3.05) is 7.11 Å². The maximum Gasteiger partial charge on any atom is 0.261 e. The maximum absolute atomic E-state index is 14.5. The van der Waals surface area contributed by atoms with Crippen molar-refractivity contribution in [2.24, 2.45) is 0 Å². The van der Waals surface area contributed by atoms with Crippen molar-refractivity contribution in [1.82, 2.24) is 10.2 Å². The van der Waals surface area contributed by atoms with Gasteiger partial charge < -0.3 is 10.1 Å². The molecule has 8 heteroatoms. The average molecular weight is 464 g/mol. The summed E-state index contributed by atoms with van der Waals surface area (Å²) in [5.74, 6) is -1.22. The van der Waals surface area contributed by atoms with Crippen molar-refractivity contribution in [3.05, 3.63) is 64.5 Å². The third kappa shape index (κ3) is 3.15. The first-order valence-electron chi connectivity index (χ1n) is 10.7. The average Bonchev–Trinajstić information content (AvgIpc) is 3.09. The number of halogens is 2. The fraction of sp³-hybridized carbons (Fsp3) is 0.280. The number of nitrogens with one attached hydrogen (secondary N) is 1. The van der Waals surface area contributed by atoms with Gasteiger partial charge in [0.05, 0.1) is 17.6 Å². The standard InChI is InChI=1S/C25H19F2N3O2S/c1-32-22-5-4-13(7-17(22)27)24-15(12-2-3-14(11-28)16(26)6-12)8-23(33-24)25(31)29-18-9-20-21-10-19(18)30(20)21/h2-8,18-21H,9-10H2,1H3,(H,29,31). The third-order valence-electron chi connectivity index (χ3n) is 7.03. The summed E-state index contributed by atoms with van der Waals surface area (Å²) < 4.78 is 33.9. The zero-order valence-corrected chi connectivity index (χ0v) is 18.5. The predicted molar refractivity (Wildman–Crippen MR) is 120 cm³/mol. The highest BCUT2D eigenvalue weighted by molar-refractivity contribution is 7.18. The topological polar surface area (TPSA) is 65.1 Å². The normalized spacial score (nSPS) is 26.2. The van der Waals surface area contributed by atoms with Crippen molar-refractivity contribution in [2.45, 2.75) is 37.0 Å². The third-order valence-corrected chi connectivity index (χ3v) is 8.22. The van der Waals surface area contributed by atoms with E-state index in [1.165, 1.54) is 42.7 Å². The van der Waals surface area contributed by atoms with Crippen molar-refractivity contribution >= 4 is 17.2 Å². The van der Waals surface area contributed by atoms with Gasteiger partial charge in [-0.15, -0.1) is 11.3 Å². The Morgan fingerprint density at radius 1 is 1.09 bits per heavy atom. The van der Waals surface area contributed by atoms with Crippen LogP contribution < -0.4 is 10.1 Å². The van der Waals surface area contributed by atoms with Gasteiger partial charge in [-0.3, -0.25) is 9.69 Å². The van der Waals surface area contributed by atoms with Gasteiger partial charge in [0, 0.05) is 34.6 Å². The monoisotopic (exact) mass is 463 g/mol. The second-order valence-electron chi connectivity index (χ2n) is 8.71. The summed E-state index contributed by atoms with van der Waals surface area (Å²) in [6, 6.07) is 14.4. The molecule has 0 spiro atoms. The molecule has 3 aromatic rings. The number of amides is 1. The van der Waals surface area contributed by atoms with Crippen LogP contribution in [-0.4, -0.2) is 42.1 Å². The van der Waals surface area contributed by atoms with Crippen LogP contribution in [0.1, 0.15) is 28.1 Å². The second kappa shape index (κ2) is 7.37. The zero-order valence-electron chi connectivity index (χ0n) is 17.6. The van der Waals surface area contributed by atoms with Crippen molar-refractivity contribution in [3.63, 3.8) is 0 Å². The Balaban J connectivity index is 1.38. The van der Waals surface area contributed by atoms with Crippen LogP contribution in [0.3, 0.4) is 0 Å². The molecule has 3 aliphatic rings. The summed E-state index contributed by atoms with van der Waals surface area (Å²) in [7, 11) is 1.39. The molecule has 1 N–H and O–H groups in total. The van der Waals surface area contributed by atoms with E-state index in [1.54, 1.807) is 18.2 Å². The van der Waals surface area contributed by atoms with Crippen LogP contribution in [0.5, 0.6) is 5.75 Å². The highest BCUT2D eigenvalue weighted by atomic mass is 32.1. The second-order valence-corrected chi connectivity index (χ2v) is 9.76. The van der Waals surface area contributed by atoms with Gasteiger partial charge >= 0.3 is 0 Å². The summed E-state index contributed by atoms with van der Waals surface area (Å²) in [5, 5.41) is 12.2. The van der Waals surface area contributed by atoms with Gasteiger partial charge in [0.2, 0.25) is 0 Å². The molecule has 3 aliphatic heterocycles. The molecule has 3 fully saturated rings. The number of carbonyl (C=O) groups is 1. The quantitative estimate of drug-likeness (QED) is 0.563. The highest BCUT2D eigenvalue weighted by Crippen LogP contribution is 2.55. The van der Waals surface area contributed by atoms with E-state index in [2.05, 4.69) is 10.2 Å². The lowest BCUT2D eigenvalue weighted by Gasteiger charge is -2.33.